The smallest absolute Gasteiger partial charge is 0.341 e. The van der Waals surface area contributed by atoms with E-state index in [0.29, 0.717) is 12.0 Å². The van der Waals surface area contributed by atoms with Crippen molar-refractivity contribution in [2.45, 2.75) is 49.3 Å². The van der Waals surface area contributed by atoms with E-state index in [9.17, 15) is 17.2 Å². The molecule has 6 heteroatoms. The highest BCUT2D eigenvalue weighted by atomic mass is 32.2. The van der Waals surface area contributed by atoms with Gasteiger partial charge in [0.05, 0.1) is 4.90 Å². The van der Waals surface area contributed by atoms with Crippen LogP contribution in [0.25, 0.3) is 0 Å². The van der Waals surface area contributed by atoms with Crippen molar-refractivity contribution in [3.8, 4) is 0 Å². The second-order valence-corrected chi connectivity index (χ2v) is 7.23. The minimum Gasteiger partial charge on any atom is -0.382 e. The van der Waals surface area contributed by atoms with Crippen LogP contribution in [0.3, 0.4) is 0 Å². The topological polar surface area (TPSA) is 46.2 Å². The van der Waals surface area contributed by atoms with Gasteiger partial charge < -0.3 is 5.32 Å². The van der Waals surface area contributed by atoms with Gasteiger partial charge in [0.25, 0.3) is 0 Å². The molecular weight excluding hydrogens is 284 g/mol. The van der Waals surface area contributed by atoms with Gasteiger partial charge in [0, 0.05) is 11.7 Å². The minimum absolute atomic E-state index is 0.301. The SMILES string of the molecule is CC(Nc1ccc(S(=O)(=O)C(F)F)cc1)C1CCCC1. The third kappa shape index (κ3) is 3.29. The van der Waals surface area contributed by atoms with Crippen LogP contribution in [0, 0.1) is 5.92 Å². The van der Waals surface area contributed by atoms with Gasteiger partial charge in [-0.15, -0.1) is 0 Å². The summed E-state index contributed by atoms with van der Waals surface area (Å²) in [6, 6.07) is 5.84. The molecule has 20 heavy (non-hydrogen) atoms. The summed E-state index contributed by atoms with van der Waals surface area (Å²) in [7, 11) is -4.50. The fraction of sp³-hybridized carbons (Fsp3) is 0.571. The van der Waals surface area contributed by atoms with Crippen molar-refractivity contribution in [1.29, 1.82) is 0 Å². The fourth-order valence-corrected chi connectivity index (χ4v) is 3.40. The number of rotatable bonds is 5. The van der Waals surface area contributed by atoms with E-state index in [1.807, 2.05) is 0 Å². The second kappa shape index (κ2) is 6.08. The summed E-state index contributed by atoms with van der Waals surface area (Å²) in [5, 5.41) is 3.31. The van der Waals surface area contributed by atoms with Crippen LogP contribution in [0.4, 0.5) is 14.5 Å². The van der Waals surface area contributed by atoms with Gasteiger partial charge in [-0.1, -0.05) is 12.8 Å². The number of hydrogen-bond acceptors (Lipinski definition) is 3. The molecule has 0 bridgehead atoms. The molecule has 0 spiro atoms. The van der Waals surface area contributed by atoms with Gasteiger partial charge in [0.2, 0.25) is 9.84 Å². The quantitative estimate of drug-likeness (QED) is 0.902. The molecule has 1 fully saturated rings. The summed E-state index contributed by atoms with van der Waals surface area (Å²) in [5.41, 5.74) is 0.762. The molecule has 3 nitrogen and oxygen atoms in total. The van der Waals surface area contributed by atoms with E-state index < -0.39 is 15.6 Å². The molecule has 0 amide bonds. The normalized spacial score (nSPS) is 18.4. The Balaban J connectivity index is 2.05. The highest BCUT2D eigenvalue weighted by Crippen LogP contribution is 2.29. The van der Waals surface area contributed by atoms with Crippen molar-refractivity contribution in [2.75, 3.05) is 5.32 Å². The maximum absolute atomic E-state index is 12.4. The van der Waals surface area contributed by atoms with Crippen LogP contribution in [0.15, 0.2) is 29.2 Å². The lowest BCUT2D eigenvalue weighted by molar-refractivity contribution is 0.234. The van der Waals surface area contributed by atoms with E-state index in [4.69, 9.17) is 0 Å². The number of anilines is 1. The van der Waals surface area contributed by atoms with Crippen LogP contribution in [-0.2, 0) is 9.84 Å². The lowest BCUT2D eigenvalue weighted by Gasteiger charge is -2.21. The third-order valence-electron chi connectivity index (χ3n) is 3.92. The molecule has 1 aromatic carbocycles. The molecule has 1 aliphatic carbocycles. The van der Waals surface area contributed by atoms with E-state index >= 15 is 0 Å². The zero-order valence-corrected chi connectivity index (χ0v) is 12.2. The van der Waals surface area contributed by atoms with Crippen LogP contribution < -0.4 is 5.32 Å². The van der Waals surface area contributed by atoms with Gasteiger partial charge >= 0.3 is 5.76 Å². The molecule has 1 saturated carbocycles. The molecule has 1 aliphatic rings. The third-order valence-corrected chi connectivity index (χ3v) is 5.32. The maximum Gasteiger partial charge on any atom is 0.341 e. The van der Waals surface area contributed by atoms with Gasteiger partial charge in [0.15, 0.2) is 0 Å². The van der Waals surface area contributed by atoms with Crippen molar-refractivity contribution in [3.63, 3.8) is 0 Å². The largest absolute Gasteiger partial charge is 0.382 e. The molecule has 0 saturated heterocycles. The van der Waals surface area contributed by atoms with Gasteiger partial charge in [-0.05, 0) is 49.9 Å². The first-order valence-electron chi connectivity index (χ1n) is 6.80. The first-order chi connectivity index (χ1) is 9.41. The van der Waals surface area contributed by atoms with Crippen LogP contribution in [-0.4, -0.2) is 20.2 Å². The van der Waals surface area contributed by atoms with Crippen molar-refractivity contribution < 1.29 is 17.2 Å². The summed E-state index contributed by atoms with van der Waals surface area (Å²) < 4.78 is 47.4. The molecule has 1 unspecified atom stereocenters. The van der Waals surface area contributed by atoms with Crippen molar-refractivity contribution in [2.24, 2.45) is 5.92 Å². The standard InChI is InChI=1S/C14H19F2NO2S/c1-10(11-4-2-3-5-11)17-12-6-8-13(9-7-12)20(18,19)14(15)16/h6-11,14,17H,2-5H2,1H3. The fourth-order valence-electron chi connectivity index (χ4n) is 2.68. The molecule has 1 aromatic rings. The Morgan fingerprint density at radius 3 is 2.20 bits per heavy atom. The summed E-state index contributed by atoms with van der Waals surface area (Å²) in [4.78, 5) is -0.341. The Kier molecular flexibility index (Phi) is 4.62. The van der Waals surface area contributed by atoms with Gasteiger partial charge in [-0.3, -0.25) is 0 Å². The van der Waals surface area contributed by atoms with Gasteiger partial charge in [0.1, 0.15) is 0 Å². The van der Waals surface area contributed by atoms with Gasteiger partial charge in [-0.25, -0.2) is 8.42 Å². The number of hydrogen-bond donors (Lipinski definition) is 1. The summed E-state index contributed by atoms with van der Waals surface area (Å²) in [6.07, 6.45) is 4.91. The highest BCUT2D eigenvalue weighted by molar-refractivity contribution is 7.91. The summed E-state index contributed by atoms with van der Waals surface area (Å²) in [5.74, 6) is -2.75. The average Bonchev–Trinajstić information content (AvgIpc) is 2.93. The van der Waals surface area contributed by atoms with E-state index in [-0.39, 0.29) is 4.90 Å². The summed E-state index contributed by atoms with van der Waals surface area (Å²) >= 11 is 0. The first-order valence-corrected chi connectivity index (χ1v) is 8.34. The Bertz CT molecular complexity index is 537. The maximum atomic E-state index is 12.4. The predicted octanol–water partition coefficient (Wildman–Crippen LogP) is 3.67. The van der Waals surface area contributed by atoms with Crippen LogP contribution in [0.2, 0.25) is 0 Å². The van der Waals surface area contributed by atoms with E-state index in [1.165, 1.54) is 37.8 Å². The number of benzene rings is 1. The Labute approximate surface area is 118 Å². The van der Waals surface area contributed by atoms with E-state index in [1.54, 1.807) is 12.1 Å². The Hall–Kier alpha value is -1.17. The van der Waals surface area contributed by atoms with Crippen LogP contribution >= 0.6 is 0 Å². The second-order valence-electron chi connectivity index (χ2n) is 5.31. The molecule has 0 heterocycles. The molecule has 1 N–H and O–H groups in total. The van der Waals surface area contributed by atoms with Crippen molar-refractivity contribution in [1.82, 2.24) is 0 Å². The number of alkyl halides is 2. The van der Waals surface area contributed by atoms with Crippen LogP contribution in [0.5, 0.6) is 0 Å². The minimum atomic E-state index is -4.50. The molecular formula is C14H19F2NO2S. The number of nitrogens with one attached hydrogen (secondary N) is 1. The highest BCUT2D eigenvalue weighted by Gasteiger charge is 2.26. The molecule has 0 aliphatic heterocycles. The molecule has 0 aromatic heterocycles. The first kappa shape index (κ1) is 15.2. The van der Waals surface area contributed by atoms with Crippen LogP contribution in [0.1, 0.15) is 32.6 Å². The van der Waals surface area contributed by atoms with Gasteiger partial charge in [-0.2, -0.15) is 8.78 Å². The molecule has 0 radical (unpaired) electrons. The average molecular weight is 303 g/mol. The number of sulfone groups is 1. The predicted molar refractivity (Wildman–Crippen MR) is 74.7 cm³/mol. The Morgan fingerprint density at radius 1 is 1.15 bits per heavy atom. The van der Waals surface area contributed by atoms with Crippen molar-refractivity contribution in [3.05, 3.63) is 24.3 Å². The lowest BCUT2D eigenvalue weighted by atomic mass is 9.99. The number of halogens is 2. The molecule has 1 atom stereocenters. The molecule has 112 valence electrons. The summed E-state index contributed by atoms with van der Waals surface area (Å²) in [6.45, 7) is 2.10. The Morgan fingerprint density at radius 2 is 1.70 bits per heavy atom. The van der Waals surface area contributed by atoms with E-state index in [2.05, 4.69) is 12.2 Å². The lowest BCUT2D eigenvalue weighted by Crippen LogP contribution is -2.23. The zero-order chi connectivity index (χ0) is 14.8. The monoisotopic (exact) mass is 303 g/mol. The zero-order valence-electron chi connectivity index (χ0n) is 11.4. The molecule has 2 rings (SSSR count). The van der Waals surface area contributed by atoms with Crippen molar-refractivity contribution >= 4 is 15.5 Å². The van der Waals surface area contributed by atoms with E-state index in [0.717, 1.165) is 5.69 Å².